The lowest BCUT2D eigenvalue weighted by Crippen LogP contribution is -2.49. The van der Waals surface area contributed by atoms with Gasteiger partial charge in [0.25, 0.3) is 0 Å². The van der Waals surface area contributed by atoms with Gasteiger partial charge in [0.15, 0.2) is 6.10 Å². The van der Waals surface area contributed by atoms with Gasteiger partial charge in [-0.3, -0.25) is 0 Å². The first-order valence-electron chi connectivity index (χ1n) is 14.4. The van der Waals surface area contributed by atoms with Crippen molar-refractivity contribution in [3.63, 3.8) is 0 Å². The van der Waals surface area contributed by atoms with Gasteiger partial charge in [0.2, 0.25) is 0 Å². The molecule has 1 aliphatic carbocycles. The summed E-state index contributed by atoms with van der Waals surface area (Å²) in [6, 6.07) is 26.9. The second-order valence-electron chi connectivity index (χ2n) is 11.0. The van der Waals surface area contributed by atoms with E-state index in [1.54, 1.807) is 24.3 Å². The Morgan fingerprint density at radius 2 is 1.07 bits per heavy atom. The highest BCUT2D eigenvalue weighted by Crippen LogP contribution is 2.48. The Balaban J connectivity index is 1.77. The first kappa shape index (κ1) is 30.1. The Labute approximate surface area is 252 Å². The van der Waals surface area contributed by atoms with E-state index in [-0.39, 0.29) is 11.8 Å². The maximum atomic E-state index is 13.8. The normalized spacial score (nSPS) is 20.1. The molecule has 0 aliphatic heterocycles. The molecule has 1 aliphatic rings. The second kappa shape index (κ2) is 12.9. The maximum absolute atomic E-state index is 13.8. The van der Waals surface area contributed by atoms with Crippen molar-refractivity contribution in [2.24, 2.45) is 0 Å². The van der Waals surface area contributed by atoms with Crippen LogP contribution < -0.4 is 10.6 Å². The van der Waals surface area contributed by atoms with Crippen LogP contribution in [0.4, 0.5) is 0 Å². The molecule has 0 saturated heterocycles. The van der Waals surface area contributed by atoms with Crippen LogP contribution in [0.15, 0.2) is 84.9 Å². The summed E-state index contributed by atoms with van der Waals surface area (Å²) >= 11 is 0. The van der Waals surface area contributed by atoms with E-state index in [1.807, 2.05) is 36.4 Å². The molecule has 0 saturated carbocycles. The van der Waals surface area contributed by atoms with Crippen molar-refractivity contribution >= 4 is 39.7 Å². The molecule has 6 atom stereocenters. The molecular weight excluding hydrogens is 558 g/mol. The molecular formula is C36H38O4P2. The number of aryl methyl sites for hydroxylation is 2. The van der Waals surface area contributed by atoms with Crippen LogP contribution in [-0.4, -0.2) is 37.5 Å². The number of fused-ring (bicyclic) bond motifs is 1. The monoisotopic (exact) mass is 596 g/mol. The van der Waals surface area contributed by atoms with Crippen LogP contribution in [-0.2, 0) is 9.47 Å². The molecule has 216 valence electrons. The summed E-state index contributed by atoms with van der Waals surface area (Å²) in [5.41, 5.74) is 8.06. The highest BCUT2D eigenvalue weighted by Gasteiger charge is 2.49. The molecule has 0 amide bonds. The Morgan fingerprint density at radius 3 is 1.60 bits per heavy atom. The average Bonchev–Trinajstić information content (AvgIpc) is 3.01. The number of benzene rings is 4. The molecule has 4 aromatic rings. The SMILES string of the molecule is CPc1ccc(C)c2c1C(C)C(OC(=O)c1ccccc1)C(OC(=O)c1ccccc1)C2c1c(PC)ccc(C)c1C. The van der Waals surface area contributed by atoms with Gasteiger partial charge in [0.1, 0.15) is 6.10 Å². The summed E-state index contributed by atoms with van der Waals surface area (Å²) in [5.74, 6) is -1.31. The molecule has 6 unspecified atom stereocenters. The lowest BCUT2D eigenvalue weighted by molar-refractivity contribution is -0.0530. The minimum absolute atomic E-state index is 0.183. The van der Waals surface area contributed by atoms with E-state index in [0.717, 1.165) is 5.56 Å². The maximum Gasteiger partial charge on any atom is 0.338 e. The van der Waals surface area contributed by atoms with Crippen molar-refractivity contribution in [2.45, 2.75) is 51.7 Å². The van der Waals surface area contributed by atoms with Crippen LogP contribution in [0.3, 0.4) is 0 Å². The van der Waals surface area contributed by atoms with E-state index in [9.17, 15) is 9.59 Å². The molecule has 4 aromatic carbocycles. The van der Waals surface area contributed by atoms with Gasteiger partial charge >= 0.3 is 11.9 Å². The predicted octanol–water partition coefficient (Wildman–Crippen LogP) is 7.18. The van der Waals surface area contributed by atoms with E-state index >= 15 is 0 Å². The number of hydrogen-bond donors (Lipinski definition) is 0. The number of esters is 2. The number of ether oxygens (including phenoxy) is 2. The lowest BCUT2D eigenvalue weighted by atomic mass is 9.68. The third-order valence-corrected chi connectivity index (χ3v) is 10.5. The Bertz CT molecular complexity index is 1600. The van der Waals surface area contributed by atoms with Crippen molar-refractivity contribution in [3.05, 3.63) is 129 Å². The molecule has 6 heteroatoms. The molecule has 0 radical (unpaired) electrons. The Morgan fingerprint density at radius 1 is 0.595 bits per heavy atom. The largest absolute Gasteiger partial charge is 0.454 e. The zero-order valence-electron chi connectivity index (χ0n) is 25.0. The summed E-state index contributed by atoms with van der Waals surface area (Å²) in [6.07, 6.45) is -1.41. The highest BCUT2D eigenvalue weighted by atomic mass is 31.1. The van der Waals surface area contributed by atoms with Gasteiger partial charge in [0, 0.05) is 5.92 Å². The number of carbonyl (C=O) groups excluding carboxylic acids is 2. The number of hydrogen-bond acceptors (Lipinski definition) is 4. The third-order valence-electron chi connectivity index (χ3n) is 8.56. The lowest BCUT2D eigenvalue weighted by Gasteiger charge is -2.44. The molecule has 4 nitrogen and oxygen atoms in total. The molecule has 0 aromatic heterocycles. The van der Waals surface area contributed by atoms with Gasteiger partial charge in [-0.2, -0.15) is 0 Å². The minimum Gasteiger partial charge on any atom is -0.454 e. The average molecular weight is 597 g/mol. The smallest absolute Gasteiger partial charge is 0.338 e. The molecule has 0 heterocycles. The topological polar surface area (TPSA) is 52.6 Å². The minimum atomic E-state index is -0.724. The number of rotatable bonds is 7. The van der Waals surface area contributed by atoms with Gasteiger partial charge in [-0.25, -0.2) is 9.59 Å². The van der Waals surface area contributed by atoms with E-state index in [0.29, 0.717) is 28.3 Å². The fourth-order valence-corrected chi connectivity index (χ4v) is 8.01. The van der Waals surface area contributed by atoms with Gasteiger partial charge < -0.3 is 9.47 Å². The Kier molecular flexibility index (Phi) is 9.26. The fraction of sp³-hybridized carbons (Fsp3) is 0.278. The van der Waals surface area contributed by atoms with E-state index < -0.39 is 24.1 Å². The molecule has 42 heavy (non-hydrogen) atoms. The predicted molar refractivity (Wildman–Crippen MR) is 176 cm³/mol. The van der Waals surface area contributed by atoms with Gasteiger partial charge in [0.05, 0.1) is 17.0 Å². The summed E-state index contributed by atoms with van der Waals surface area (Å²) in [4.78, 5) is 27.4. The van der Waals surface area contributed by atoms with Gasteiger partial charge in [-0.1, -0.05) is 84.7 Å². The van der Waals surface area contributed by atoms with Crippen molar-refractivity contribution < 1.29 is 19.1 Å². The van der Waals surface area contributed by atoms with Gasteiger partial charge in [-0.05, 0) is 102 Å². The first-order valence-corrected chi connectivity index (χ1v) is 17.4. The molecule has 0 N–H and O–H groups in total. The molecule has 0 spiro atoms. The van der Waals surface area contributed by atoms with Crippen LogP contribution in [0, 0.1) is 20.8 Å². The van der Waals surface area contributed by atoms with Crippen molar-refractivity contribution in [1.29, 1.82) is 0 Å². The van der Waals surface area contributed by atoms with Crippen LogP contribution in [0.5, 0.6) is 0 Å². The zero-order valence-corrected chi connectivity index (χ0v) is 27.0. The zero-order chi connectivity index (χ0) is 30.0. The van der Waals surface area contributed by atoms with Crippen molar-refractivity contribution in [1.82, 2.24) is 0 Å². The Hall–Kier alpha value is -3.32. The summed E-state index contributed by atoms with van der Waals surface area (Å²) in [6.45, 7) is 12.9. The van der Waals surface area contributed by atoms with Crippen molar-refractivity contribution in [2.75, 3.05) is 13.3 Å². The summed E-state index contributed by atoms with van der Waals surface area (Å²) in [5, 5.41) is 2.49. The number of carbonyl (C=O) groups is 2. The third kappa shape index (κ3) is 5.68. The van der Waals surface area contributed by atoms with Crippen molar-refractivity contribution in [3.8, 4) is 0 Å². The van der Waals surface area contributed by atoms with E-state index in [1.165, 1.54) is 38.4 Å². The van der Waals surface area contributed by atoms with Gasteiger partial charge in [-0.15, -0.1) is 0 Å². The highest BCUT2D eigenvalue weighted by molar-refractivity contribution is 7.46. The molecule has 0 fully saturated rings. The summed E-state index contributed by atoms with van der Waals surface area (Å²) < 4.78 is 13.0. The van der Waals surface area contributed by atoms with Crippen LogP contribution >= 0.6 is 17.2 Å². The van der Waals surface area contributed by atoms with E-state index in [4.69, 9.17) is 9.47 Å². The van der Waals surface area contributed by atoms with E-state index in [2.05, 4.69) is 65.3 Å². The van der Waals surface area contributed by atoms with Crippen LogP contribution in [0.25, 0.3) is 0 Å². The second-order valence-corrected chi connectivity index (χ2v) is 13.0. The summed E-state index contributed by atoms with van der Waals surface area (Å²) in [7, 11) is 1.12. The van der Waals surface area contributed by atoms with Crippen LogP contribution in [0.1, 0.15) is 72.9 Å². The standard InChI is InChI=1S/C36H38O4P2/c1-21-17-19-27(41-5)30(23(21)3)32-29-22(2)18-20-28(42-6)31(29)24(4)33(39-35(37)25-13-9-7-10-14-25)34(32)40-36(38)26-15-11-8-12-16-26/h7-20,24,32-34,41-42H,1-6H3. The first-order chi connectivity index (χ1) is 20.3. The fourth-order valence-electron chi connectivity index (χ4n) is 6.27. The molecule has 5 rings (SSSR count). The molecule has 0 bridgehead atoms. The van der Waals surface area contributed by atoms with Crippen LogP contribution in [0.2, 0.25) is 0 Å². The quantitative estimate of drug-likeness (QED) is 0.168.